The van der Waals surface area contributed by atoms with Crippen LogP contribution in [-0.4, -0.2) is 56.6 Å². The number of hydrogen-bond acceptors (Lipinski definition) is 7. The van der Waals surface area contributed by atoms with Gasteiger partial charge in [-0.1, -0.05) is 29.3 Å². The molecule has 2 aromatic heterocycles. The summed E-state index contributed by atoms with van der Waals surface area (Å²) in [5.41, 5.74) is 1.74. The monoisotopic (exact) mass is 577 g/mol. The molecule has 37 heavy (non-hydrogen) atoms. The van der Waals surface area contributed by atoms with E-state index in [0.29, 0.717) is 21.0 Å². The second kappa shape index (κ2) is 11.4. The van der Waals surface area contributed by atoms with E-state index in [0.717, 1.165) is 35.5 Å². The number of pyridine rings is 1. The van der Waals surface area contributed by atoms with E-state index >= 15 is 0 Å². The lowest BCUT2D eigenvalue weighted by molar-refractivity contribution is -0.116. The van der Waals surface area contributed by atoms with Crippen molar-refractivity contribution >= 4 is 66.6 Å². The normalized spacial score (nSPS) is 11.8. The Kier molecular flexibility index (Phi) is 8.40. The van der Waals surface area contributed by atoms with E-state index in [1.54, 1.807) is 30.5 Å². The number of benzene rings is 2. The maximum absolute atomic E-state index is 13.2. The third-order valence-electron chi connectivity index (χ3n) is 5.67. The molecule has 2 heterocycles. The number of hydrogen-bond donors (Lipinski definition) is 1. The van der Waals surface area contributed by atoms with E-state index in [4.69, 9.17) is 23.2 Å². The zero-order valence-corrected chi connectivity index (χ0v) is 23.3. The van der Waals surface area contributed by atoms with E-state index in [9.17, 15) is 18.0 Å². The third-order valence-corrected chi connectivity index (χ3v) is 9.46. The highest BCUT2D eigenvalue weighted by Gasteiger charge is 2.22. The summed E-state index contributed by atoms with van der Waals surface area (Å²) in [5, 5.41) is 4.99. The number of rotatable bonds is 10. The van der Waals surface area contributed by atoms with Crippen LogP contribution in [-0.2, 0) is 21.1 Å². The number of fused-ring (bicyclic) bond motifs is 1. The van der Waals surface area contributed by atoms with Gasteiger partial charge in [-0.05, 0) is 73.6 Å². The standard InChI is InChI=1S/C26H25Cl2N3O4S2/c1-30(2)12-10-29-19-4-5-21-18(15-19)9-11-31(26(21)33)23-6-3-17(14-22(23)27)13-20(32)16-37(34,35)25-8-7-24(28)36-25/h3-9,11,14-15,29H,10,12-13,16H2,1-2H3. The fourth-order valence-electron chi connectivity index (χ4n) is 3.85. The number of carbonyl (C=O) groups excluding carboxylic acids is 1. The van der Waals surface area contributed by atoms with Gasteiger partial charge in [0.2, 0.25) is 0 Å². The van der Waals surface area contributed by atoms with Gasteiger partial charge in [0, 0.05) is 36.8 Å². The van der Waals surface area contributed by atoms with Crippen molar-refractivity contribution in [2.75, 3.05) is 38.3 Å². The largest absolute Gasteiger partial charge is 0.384 e. The number of thiophene rings is 1. The van der Waals surface area contributed by atoms with Crippen molar-refractivity contribution in [3.05, 3.63) is 86.1 Å². The second-order valence-corrected chi connectivity index (χ2v) is 13.2. The molecule has 4 rings (SSSR count). The maximum Gasteiger partial charge on any atom is 0.262 e. The smallest absolute Gasteiger partial charge is 0.262 e. The van der Waals surface area contributed by atoms with Crippen molar-refractivity contribution < 1.29 is 13.2 Å². The average Bonchev–Trinajstić information content (AvgIpc) is 3.27. The molecule has 0 saturated heterocycles. The van der Waals surface area contributed by atoms with Crippen molar-refractivity contribution in [1.82, 2.24) is 9.47 Å². The predicted octanol–water partition coefficient (Wildman–Crippen LogP) is 4.92. The molecule has 0 fully saturated rings. The lowest BCUT2D eigenvalue weighted by atomic mass is 10.1. The van der Waals surface area contributed by atoms with E-state index in [-0.39, 0.29) is 21.2 Å². The lowest BCUT2D eigenvalue weighted by Crippen LogP contribution is -2.21. The summed E-state index contributed by atoms with van der Waals surface area (Å²) in [6.45, 7) is 1.67. The number of halogens is 2. The van der Waals surface area contributed by atoms with Crippen LogP contribution in [0.2, 0.25) is 9.36 Å². The summed E-state index contributed by atoms with van der Waals surface area (Å²) in [6, 6.07) is 15.2. The fraction of sp³-hybridized carbons (Fsp3) is 0.231. The third kappa shape index (κ3) is 6.61. The molecule has 0 bridgehead atoms. The Hall–Kier alpha value is -2.69. The number of likely N-dealkylation sites (N-methyl/N-ethyl adjacent to an activating group) is 1. The van der Waals surface area contributed by atoms with E-state index < -0.39 is 21.4 Å². The number of sulfone groups is 1. The van der Waals surface area contributed by atoms with E-state index in [1.165, 1.54) is 16.7 Å². The molecular formula is C26H25Cl2N3O4S2. The molecule has 4 aromatic rings. The Morgan fingerprint density at radius 3 is 2.51 bits per heavy atom. The number of nitrogens with one attached hydrogen (secondary N) is 1. The molecule has 7 nitrogen and oxygen atoms in total. The van der Waals surface area contributed by atoms with Gasteiger partial charge in [0.05, 0.1) is 15.0 Å². The molecule has 0 aliphatic heterocycles. The van der Waals surface area contributed by atoms with Crippen molar-refractivity contribution in [2.24, 2.45) is 0 Å². The molecule has 1 N–H and O–H groups in total. The minimum absolute atomic E-state index is 0.0615. The minimum atomic E-state index is -3.76. The molecular weight excluding hydrogens is 553 g/mol. The predicted molar refractivity (Wildman–Crippen MR) is 152 cm³/mol. The first-order chi connectivity index (χ1) is 17.5. The van der Waals surface area contributed by atoms with Gasteiger partial charge in [0.1, 0.15) is 9.96 Å². The Labute approximate surface area is 229 Å². The number of Topliss-reactive ketones (excluding diaryl/α,β-unsaturated/α-hetero) is 1. The molecule has 194 valence electrons. The van der Waals surface area contributed by atoms with Gasteiger partial charge in [0.15, 0.2) is 15.6 Å². The second-order valence-electron chi connectivity index (χ2n) is 8.84. The van der Waals surface area contributed by atoms with Crippen LogP contribution in [0, 0.1) is 0 Å². The summed E-state index contributed by atoms with van der Waals surface area (Å²) in [7, 11) is 0.256. The highest BCUT2D eigenvalue weighted by Crippen LogP contribution is 2.27. The Balaban J connectivity index is 1.51. The van der Waals surface area contributed by atoms with Crippen molar-refractivity contribution in [3.8, 4) is 5.69 Å². The SMILES string of the molecule is CN(C)CCNc1ccc2c(=O)n(-c3ccc(CC(=O)CS(=O)(=O)c4ccc(Cl)s4)cc3Cl)ccc2c1. The molecule has 0 spiro atoms. The summed E-state index contributed by atoms with van der Waals surface area (Å²) in [4.78, 5) is 27.8. The summed E-state index contributed by atoms with van der Waals surface area (Å²) < 4.78 is 26.8. The lowest BCUT2D eigenvalue weighted by Gasteiger charge is -2.13. The van der Waals surface area contributed by atoms with Gasteiger partial charge in [-0.2, -0.15) is 0 Å². The average molecular weight is 579 g/mol. The first-order valence-electron chi connectivity index (χ1n) is 11.4. The van der Waals surface area contributed by atoms with Gasteiger partial charge in [0.25, 0.3) is 5.56 Å². The molecule has 11 heteroatoms. The van der Waals surface area contributed by atoms with Gasteiger partial charge in [-0.3, -0.25) is 14.2 Å². The molecule has 0 radical (unpaired) electrons. The zero-order valence-electron chi connectivity index (χ0n) is 20.2. The minimum Gasteiger partial charge on any atom is -0.384 e. The van der Waals surface area contributed by atoms with Gasteiger partial charge >= 0.3 is 0 Å². The fourth-order valence-corrected chi connectivity index (χ4v) is 6.96. The highest BCUT2D eigenvalue weighted by molar-refractivity contribution is 7.94. The molecule has 0 aliphatic carbocycles. The van der Waals surface area contributed by atoms with Crippen molar-refractivity contribution in [1.29, 1.82) is 0 Å². The van der Waals surface area contributed by atoms with Crippen LogP contribution in [0.3, 0.4) is 0 Å². The topological polar surface area (TPSA) is 88.5 Å². The maximum atomic E-state index is 13.2. The van der Waals surface area contributed by atoms with Crippen molar-refractivity contribution in [3.63, 3.8) is 0 Å². The molecule has 0 aliphatic rings. The number of ketones is 1. The number of aromatic nitrogens is 1. The van der Waals surface area contributed by atoms with Crippen LogP contribution in [0.15, 0.2) is 69.8 Å². The number of anilines is 1. The molecule has 0 amide bonds. The summed E-state index contributed by atoms with van der Waals surface area (Å²) in [6.07, 6.45) is 1.56. The molecule has 2 aromatic carbocycles. The zero-order chi connectivity index (χ0) is 26.7. The van der Waals surface area contributed by atoms with Crippen LogP contribution in [0.1, 0.15) is 5.56 Å². The van der Waals surface area contributed by atoms with Gasteiger partial charge in [-0.15, -0.1) is 11.3 Å². The van der Waals surface area contributed by atoms with Gasteiger partial charge in [-0.25, -0.2) is 8.42 Å². The van der Waals surface area contributed by atoms with Crippen molar-refractivity contribution in [2.45, 2.75) is 10.6 Å². The van der Waals surface area contributed by atoms with Crippen LogP contribution in [0.25, 0.3) is 16.5 Å². The van der Waals surface area contributed by atoms with Crippen LogP contribution in [0.4, 0.5) is 5.69 Å². The number of carbonyl (C=O) groups is 1. The molecule has 0 unspecified atom stereocenters. The summed E-state index contributed by atoms with van der Waals surface area (Å²) >= 11 is 13.2. The van der Waals surface area contributed by atoms with Crippen LogP contribution < -0.4 is 10.9 Å². The van der Waals surface area contributed by atoms with E-state index in [1.807, 2.05) is 32.3 Å². The Bertz CT molecular complexity index is 1630. The molecule has 0 saturated carbocycles. The van der Waals surface area contributed by atoms with Crippen LogP contribution >= 0.6 is 34.5 Å². The van der Waals surface area contributed by atoms with E-state index in [2.05, 4.69) is 10.2 Å². The van der Waals surface area contributed by atoms with Gasteiger partial charge < -0.3 is 10.2 Å². The molecule has 0 atom stereocenters. The quantitative estimate of drug-likeness (QED) is 0.288. The summed E-state index contributed by atoms with van der Waals surface area (Å²) in [5.74, 6) is -1.09. The Morgan fingerprint density at radius 2 is 1.84 bits per heavy atom. The highest BCUT2D eigenvalue weighted by atomic mass is 35.5. The first kappa shape index (κ1) is 27.3. The first-order valence-corrected chi connectivity index (χ1v) is 14.6. The van der Waals surface area contributed by atoms with Crippen LogP contribution in [0.5, 0.6) is 0 Å². The Morgan fingerprint density at radius 1 is 1.05 bits per heavy atom. The number of nitrogens with zero attached hydrogens (tertiary/aromatic N) is 2.